The van der Waals surface area contributed by atoms with Crippen LogP contribution in [-0.2, 0) is 13.1 Å². The first-order chi connectivity index (χ1) is 8.81. The van der Waals surface area contributed by atoms with Gasteiger partial charge in [0.1, 0.15) is 0 Å². The molecule has 0 aliphatic heterocycles. The predicted octanol–water partition coefficient (Wildman–Crippen LogP) is 2.20. The summed E-state index contributed by atoms with van der Waals surface area (Å²) in [5.41, 5.74) is 1.14. The SMILES string of the molecule is CCCn1cc(Oc2cc(CNC)ccn2)cn1. The number of pyridine rings is 1. The summed E-state index contributed by atoms with van der Waals surface area (Å²) in [4.78, 5) is 4.19. The van der Waals surface area contributed by atoms with Crippen molar-refractivity contribution in [2.45, 2.75) is 26.4 Å². The highest BCUT2D eigenvalue weighted by molar-refractivity contribution is 5.25. The summed E-state index contributed by atoms with van der Waals surface area (Å²) in [5, 5.41) is 7.31. The fourth-order valence-corrected chi connectivity index (χ4v) is 1.69. The van der Waals surface area contributed by atoms with Crippen LogP contribution >= 0.6 is 0 Å². The van der Waals surface area contributed by atoms with Crippen molar-refractivity contribution in [3.8, 4) is 11.6 Å². The maximum atomic E-state index is 5.67. The summed E-state index contributed by atoms with van der Waals surface area (Å²) in [6.45, 7) is 3.82. The summed E-state index contributed by atoms with van der Waals surface area (Å²) in [7, 11) is 1.91. The maximum absolute atomic E-state index is 5.67. The van der Waals surface area contributed by atoms with E-state index in [1.165, 1.54) is 0 Å². The van der Waals surface area contributed by atoms with Gasteiger partial charge in [-0.25, -0.2) is 4.98 Å². The highest BCUT2D eigenvalue weighted by Crippen LogP contribution is 2.19. The molecule has 18 heavy (non-hydrogen) atoms. The molecule has 2 aromatic rings. The van der Waals surface area contributed by atoms with Gasteiger partial charge >= 0.3 is 0 Å². The lowest BCUT2D eigenvalue weighted by molar-refractivity contribution is 0.460. The molecule has 0 bridgehead atoms. The number of hydrogen-bond acceptors (Lipinski definition) is 4. The Morgan fingerprint density at radius 1 is 1.44 bits per heavy atom. The Kier molecular flexibility index (Phi) is 4.30. The normalized spacial score (nSPS) is 10.6. The molecule has 0 aliphatic carbocycles. The summed E-state index contributed by atoms with van der Waals surface area (Å²) in [6.07, 6.45) is 6.40. The third-order valence-corrected chi connectivity index (χ3v) is 2.46. The van der Waals surface area contributed by atoms with Gasteiger partial charge in [-0.05, 0) is 25.1 Å². The van der Waals surface area contributed by atoms with Crippen LogP contribution in [0, 0.1) is 0 Å². The molecular formula is C13H18N4O. The van der Waals surface area contributed by atoms with Gasteiger partial charge in [0.25, 0.3) is 0 Å². The van der Waals surface area contributed by atoms with Gasteiger partial charge < -0.3 is 10.1 Å². The number of nitrogens with zero attached hydrogens (tertiary/aromatic N) is 3. The molecule has 0 saturated carbocycles. The summed E-state index contributed by atoms with van der Waals surface area (Å²) >= 11 is 0. The minimum atomic E-state index is 0.596. The summed E-state index contributed by atoms with van der Waals surface area (Å²) in [5.74, 6) is 1.32. The topological polar surface area (TPSA) is 52.0 Å². The number of hydrogen-bond donors (Lipinski definition) is 1. The van der Waals surface area contributed by atoms with Crippen LogP contribution < -0.4 is 10.1 Å². The summed E-state index contributed by atoms with van der Waals surface area (Å²) < 4.78 is 7.54. The van der Waals surface area contributed by atoms with Gasteiger partial charge in [-0.3, -0.25) is 4.68 Å². The molecule has 0 aliphatic rings. The Morgan fingerprint density at radius 2 is 2.33 bits per heavy atom. The fraction of sp³-hybridized carbons (Fsp3) is 0.385. The Labute approximate surface area is 107 Å². The van der Waals surface area contributed by atoms with E-state index in [1.54, 1.807) is 12.4 Å². The molecule has 0 spiro atoms. The van der Waals surface area contributed by atoms with Crippen molar-refractivity contribution in [3.63, 3.8) is 0 Å². The molecule has 2 heterocycles. The van der Waals surface area contributed by atoms with Gasteiger partial charge in [-0.15, -0.1) is 0 Å². The predicted molar refractivity (Wildman–Crippen MR) is 69.6 cm³/mol. The molecule has 96 valence electrons. The molecule has 0 aromatic carbocycles. The van der Waals surface area contributed by atoms with Gasteiger partial charge in [0.2, 0.25) is 5.88 Å². The molecule has 0 fully saturated rings. The van der Waals surface area contributed by atoms with E-state index in [4.69, 9.17) is 4.74 Å². The lowest BCUT2D eigenvalue weighted by Gasteiger charge is -2.04. The van der Waals surface area contributed by atoms with E-state index in [-0.39, 0.29) is 0 Å². The van der Waals surface area contributed by atoms with Gasteiger partial charge in [0.15, 0.2) is 5.75 Å². The zero-order valence-electron chi connectivity index (χ0n) is 10.8. The van der Waals surface area contributed by atoms with Crippen LogP contribution in [0.3, 0.4) is 0 Å². The van der Waals surface area contributed by atoms with Crippen LogP contribution in [0.5, 0.6) is 11.6 Å². The molecule has 5 nitrogen and oxygen atoms in total. The zero-order valence-corrected chi connectivity index (χ0v) is 10.8. The van der Waals surface area contributed by atoms with E-state index in [9.17, 15) is 0 Å². The first-order valence-corrected chi connectivity index (χ1v) is 6.11. The molecular weight excluding hydrogens is 228 g/mol. The van der Waals surface area contributed by atoms with E-state index < -0.39 is 0 Å². The minimum absolute atomic E-state index is 0.596. The quantitative estimate of drug-likeness (QED) is 0.849. The van der Waals surface area contributed by atoms with Crippen molar-refractivity contribution < 1.29 is 4.74 Å². The minimum Gasteiger partial charge on any atom is -0.436 e. The highest BCUT2D eigenvalue weighted by Gasteiger charge is 2.03. The molecule has 2 aromatic heterocycles. The van der Waals surface area contributed by atoms with Crippen LogP contribution in [0.1, 0.15) is 18.9 Å². The Hall–Kier alpha value is -1.88. The van der Waals surface area contributed by atoms with Gasteiger partial charge in [0, 0.05) is 25.4 Å². The Balaban J connectivity index is 2.05. The zero-order chi connectivity index (χ0) is 12.8. The van der Waals surface area contributed by atoms with Crippen molar-refractivity contribution in [1.29, 1.82) is 0 Å². The number of rotatable bonds is 6. The fourth-order valence-electron chi connectivity index (χ4n) is 1.69. The first-order valence-electron chi connectivity index (χ1n) is 6.11. The van der Waals surface area contributed by atoms with Crippen molar-refractivity contribution in [3.05, 3.63) is 36.3 Å². The lowest BCUT2D eigenvalue weighted by Crippen LogP contribution is -2.05. The second-order valence-corrected chi connectivity index (χ2v) is 4.07. The van der Waals surface area contributed by atoms with Crippen molar-refractivity contribution in [2.75, 3.05) is 7.05 Å². The molecule has 2 rings (SSSR count). The largest absolute Gasteiger partial charge is 0.436 e. The van der Waals surface area contributed by atoms with Crippen molar-refractivity contribution >= 4 is 0 Å². The van der Waals surface area contributed by atoms with Crippen LogP contribution in [0.15, 0.2) is 30.7 Å². The van der Waals surface area contributed by atoms with Crippen molar-refractivity contribution in [2.24, 2.45) is 0 Å². The number of aromatic nitrogens is 3. The van der Waals surface area contributed by atoms with E-state index in [0.717, 1.165) is 30.8 Å². The standard InChI is InChI=1S/C13H18N4O/c1-3-6-17-10-12(9-16-17)18-13-7-11(8-14-2)4-5-15-13/h4-5,7,9-10,14H,3,6,8H2,1-2H3. The Morgan fingerprint density at radius 3 is 3.11 bits per heavy atom. The van der Waals surface area contributed by atoms with Crippen molar-refractivity contribution in [1.82, 2.24) is 20.1 Å². The van der Waals surface area contributed by atoms with Crippen LogP contribution in [-0.4, -0.2) is 21.8 Å². The number of ether oxygens (including phenoxy) is 1. The molecule has 0 saturated heterocycles. The van der Waals surface area contributed by atoms with E-state index in [1.807, 2.05) is 30.1 Å². The van der Waals surface area contributed by atoms with E-state index in [0.29, 0.717) is 5.88 Å². The van der Waals surface area contributed by atoms with Gasteiger partial charge in [-0.1, -0.05) is 6.92 Å². The average molecular weight is 246 g/mol. The molecule has 0 atom stereocenters. The van der Waals surface area contributed by atoms with Crippen LogP contribution in [0.4, 0.5) is 0 Å². The summed E-state index contributed by atoms with van der Waals surface area (Å²) in [6, 6.07) is 3.89. The second-order valence-electron chi connectivity index (χ2n) is 4.07. The molecule has 0 unspecified atom stereocenters. The second kappa shape index (κ2) is 6.16. The Bertz CT molecular complexity index is 495. The first kappa shape index (κ1) is 12.6. The third-order valence-electron chi connectivity index (χ3n) is 2.46. The van der Waals surface area contributed by atoms with Gasteiger partial charge in [-0.2, -0.15) is 5.10 Å². The number of nitrogens with one attached hydrogen (secondary N) is 1. The number of aryl methyl sites for hydroxylation is 1. The molecule has 1 N–H and O–H groups in total. The van der Waals surface area contributed by atoms with E-state index in [2.05, 4.69) is 22.3 Å². The highest BCUT2D eigenvalue weighted by atomic mass is 16.5. The van der Waals surface area contributed by atoms with Crippen LogP contribution in [0.25, 0.3) is 0 Å². The monoisotopic (exact) mass is 246 g/mol. The van der Waals surface area contributed by atoms with Crippen LogP contribution in [0.2, 0.25) is 0 Å². The smallest absolute Gasteiger partial charge is 0.219 e. The molecule has 5 heteroatoms. The van der Waals surface area contributed by atoms with Gasteiger partial charge in [0.05, 0.1) is 12.4 Å². The average Bonchev–Trinajstić information content (AvgIpc) is 2.78. The molecule has 0 amide bonds. The van der Waals surface area contributed by atoms with E-state index >= 15 is 0 Å². The molecule has 0 radical (unpaired) electrons. The maximum Gasteiger partial charge on any atom is 0.219 e. The lowest BCUT2D eigenvalue weighted by atomic mass is 10.3. The third kappa shape index (κ3) is 3.30.